The smallest absolute Gasteiger partial charge is 0.00181 e. The molecule has 0 aromatic heterocycles. The summed E-state index contributed by atoms with van der Waals surface area (Å²) in [5.41, 5.74) is -0.0947. The molecule has 0 aliphatic heterocycles. The lowest BCUT2D eigenvalue weighted by molar-refractivity contribution is -0.0839. The quantitative estimate of drug-likeness (QED) is 0.385. The van der Waals surface area contributed by atoms with E-state index in [9.17, 15) is 0 Å². The Morgan fingerprint density at radius 1 is 0.257 bits per heavy atom. The van der Waals surface area contributed by atoms with Crippen LogP contribution in [0, 0.1) is 56.7 Å². The Kier molecular flexibility index (Phi) is 4.86. The summed E-state index contributed by atoms with van der Waals surface area (Å²) in [6, 6.07) is 0. The first-order valence-electron chi connectivity index (χ1n) is 13.5. The maximum atomic E-state index is 2.66. The lowest BCUT2D eigenvalue weighted by Crippen LogP contribution is -2.55. The highest BCUT2D eigenvalue weighted by molar-refractivity contribution is 5.45. The molecule has 0 spiro atoms. The molecule has 6 aliphatic carbocycles. The van der Waals surface area contributed by atoms with Crippen LogP contribution in [0.3, 0.4) is 0 Å². The van der Waals surface area contributed by atoms with Crippen molar-refractivity contribution < 1.29 is 0 Å². The molecule has 6 rings (SSSR count). The van der Waals surface area contributed by atoms with Crippen LogP contribution in [0.5, 0.6) is 0 Å². The number of rotatable bonds is 5. The van der Waals surface area contributed by atoms with Gasteiger partial charge in [-0.2, -0.15) is 0 Å². The molecule has 0 saturated heterocycles. The lowest BCUT2D eigenvalue weighted by Gasteiger charge is -2.59. The largest absolute Gasteiger partial charge is 0.0770 e. The predicted octanol–water partition coefficient (Wildman–Crippen LogP) is 8.74. The third-order valence-corrected chi connectivity index (χ3v) is 12.5. The summed E-state index contributed by atoms with van der Waals surface area (Å²) in [5, 5.41) is 0. The third kappa shape index (κ3) is 2.35. The first-order valence-corrected chi connectivity index (χ1v) is 13.5. The first-order chi connectivity index (χ1) is 16.8. The molecule has 180 valence electrons. The molecule has 0 N–H and O–H groups in total. The molecule has 0 aromatic rings. The summed E-state index contributed by atoms with van der Waals surface area (Å²) >= 11 is 0. The van der Waals surface area contributed by atoms with Gasteiger partial charge in [0.25, 0.3) is 0 Å². The summed E-state index contributed by atoms with van der Waals surface area (Å²) in [7, 11) is 0. The molecule has 6 aliphatic rings. The van der Waals surface area contributed by atoms with E-state index in [4.69, 9.17) is 0 Å². The average molecular weight is 461 g/mol. The Balaban J connectivity index is 1.76. The van der Waals surface area contributed by atoms with E-state index in [0.29, 0.717) is 29.6 Å². The van der Waals surface area contributed by atoms with Gasteiger partial charge in [0.05, 0.1) is 0 Å². The van der Waals surface area contributed by atoms with E-state index >= 15 is 0 Å². The monoisotopic (exact) mass is 460 g/mol. The highest BCUT2D eigenvalue weighted by Crippen LogP contribution is 2.88. The van der Waals surface area contributed by atoms with E-state index in [2.05, 4.69) is 156 Å². The number of hydrogen-bond acceptors (Lipinski definition) is 0. The Morgan fingerprint density at radius 2 is 0.371 bits per heavy atom. The summed E-state index contributed by atoms with van der Waals surface area (Å²) in [6.07, 6.45) is 47.8. The van der Waals surface area contributed by atoms with Crippen molar-refractivity contribution in [2.45, 2.75) is 34.6 Å². The number of hydrogen-bond donors (Lipinski definition) is 0. The van der Waals surface area contributed by atoms with Crippen molar-refractivity contribution in [2.75, 3.05) is 0 Å². The maximum Gasteiger partial charge on any atom is 0.00181 e. The van der Waals surface area contributed by atoms with Crippen LogP contribution < -0.4 is 0 Å². The fourth-order valence-electron chi connectivity index (χ4n) is 10.2. The van der Waals surface area contributed by atoms with Crippen molar-refractivity contribution in [3.63, 3.8) is 0 Å². The highest BCUT2D eigenvalue weighted by Gasteiger charge is 2.84. The molecule has 0 unspecified atom stereocenters. The van der Waals surface area contributed by atoms with Crippen molar-refractivity contribution >= 4 is 0 Å². The van der Waals surface area contributed by atoms with Gasteiger partial charge in [-0.05, 0) is 27.1 Å². The molecule has 0 heteroatoms. The number of allylic oxidation sites excluding steroid dienone is 20. The van der Waals surface area contributed by atoms with Gasteiger partial charge < -0.3 is 0 Å². The fourth-order valence-corrected chi connectivity index (χ4v) is 10.2. The van der Waals surface area contributed by atoms with E-state index in [-0.39, 0.29) is 27.1 Å². The van der Waals surface area contributed by atoms with Crippen LogP contribution in [0.1, 0.15) is 34.6 Å². The predicted molar refractivity (Wildman–Crippen MR) is 149 cm³/mol. The van der Waals surface area contributed by atoms with Crippen LogP contribution in [0.2, 0.25) is 0 Å². The van der Waals surface area contributed by atoms with Crippen molar-refractivity contribution in [3.8, 4) is 0 Å². The maximum absolute atomic E-state index is 2.66. The molecule has 35 heavy (non-hydrogen) atoms. The Morgan fingerprint density at radius 3 is 0.486 bits per heavy atom. The average Bonchev–Trinajstić information content (AvgIpc) is 3.70. The van der Waals surface area contributed by atoms with Crippen LogP contribution in [-0.2, 0) is 0 Å². The second kappa shape index (κ2) is 7.45. The van der Waals surface area contributed by atoms with Gasteiger partial charge in [-0.15, -0.1) is 0 Å². The van der Waals surface area contributed by atoms with E-state index in [1.165, 1.54) is 0 Å². The fraction of sp³-hybridized carbons (Fsp3) is 0.429. The molecule has 0 heterocycles. The Hall–Kier alpha value is -2.60. The standard InChI is InChI=1S/C35H40/c1-31(26-16-6-7-17-26)32(2,27-18-8-9-19-27)34(4,29-22-12-13-23-29)35(5,30-24-14-15-25-30)33(31,3)28-20-10-11-21-28/h6-30H,1-5H3. The molecular formula is C35H40. The van der Waals surface area contributed by atoms with Gasteiger partial charge in [-0.3, -0.25) is 0 Å². The molecule has 0 atom stereocenters. The summed E-state index contributed by atoms with van der Waals surface area (Å²) < 4.78 is 0. The third-order valence-electron chi connectivity index (χ3n) is 12.5. The van der Waals surface area contributed by atoms with Crippen LogP contribution in [-0.4, -0.2) is 0 Å². The van der Waals surface area contributed by atoms with Gasteiger partial charge in [0.1, 0.15) is 0 Å². The van der Waals surface area contributed by atoms with Crippen molar-refractivity contribution in [3.05, 3.63) is 122 Å². The molecule has 1 saturated carbocycles. The van der Waals surface area contributed by atoms with Gasteiger partial charge in [0.15, 0.2) is 0 Å². The summed E-state index contributed by atoms with van der Waals surface area (Å²) in [6.45, 7) is 13.3. The zero-order chi connectivity index (χ0) is 24.5. The van der Waals surface area contributed by atoms with Crippen molar-refractivity contribution in [1.82, 2.24) is 0 Å². The van der Waals surface area contributed by atoms with E-state index in [0.717, 1.165) is 0 Å². The molecular weight excluding hydrogens is 420 g/mol. The summed E-state index contributed by atoms with van der Waals surface area (Å²) in [4.78, 5) is 0. The molecule has 0 amide bonds. The van der Waals surface area contributed by atoms with Crippen LogP contribution >= 0.6 is 0 Å². The van der Waals surface area contributed by atoms with Crippen LogP contribution in [0.15, 0.2) is 122 Å². The van der Waals surface area contributed by atoms with Crippen molar-refractivity contribution in [1.29, 1.82) is 0 Å². The molecule has 0 aromatic carbocycles. The van der Waals surface area contributed by atoms with Gasteiger partial charge in [-0.1, -0.05) is 156 Å². The SMILES string of the molecule is CC1(C2C=CC=C2)C(C)(C2C=CC=C2)C(C)(C2C=CC=C2)C(C)(C2C=CC=C2)C1(C)C1C=CC=C1. The Bertz CT molecular complexity index is 908. The lowest BCUT2D eigenvalue weighted by atomic mass is 9.44. The molecule has 0 radical (unpaired) electrons. The normalized spacial score (nSPS) is 44.7. The summed E-state index contributed by atoms with van der Waals surface area (Å²) in [5.74, 6) is 1.91. The second-order valence-electron chi connectivity index (χ2n) is 12.5. The highest BCUT2D eigenvalue weighted by atomic mass is 14.9. The Labute approximate surface area is 212 Å². The molecule has 1 fully saturated rings. The molecule has 0 nitrogen and oxygen atoms in total. The minimum Gasteiger partial charge on any atom is -0.0770 e. The van der Waals surface area contributed by atoms with Gasteiger partial charge in [-0.25, -0.2) is 0 Å². The minimum atomic E-state index is -0.0189. The van der Waals surface area contributed by atoms with Gasteiger partial charge in [0.2, 0.25) is 0 Å². The zero-order valence-corrected chi connectivity index (χ0v) is 21.9. The van der Waals surface area contributed by atoms with E-state index < -0.39 is 0 Å². The van der Waals surface area contributed by atoms with Gasteiger partial charge >= 0.3 is 0 Å². The van der Waals surface area contributed by atoms with Crippen molar-refractivity contribution in [2.24, 2.45) is 56.7 Å². The first kappa shape index (κ1) is 22.8. The zero-order valence-electron chi connectivity index (χ0n) is 21.9. The second-order valence-corrected chi connectivity index (χ2v) is 12.5. The van der Waals surface area contributed by atoms with Crippen LogP contribution in [0.4, 0.5) is 0 Å². The topological polar surface area (TPSA) is 0 Å². The molecule has 0 bridgehead atoms. The minimum absolute atomic E-state index is 0.0189. The van der Waals surface area contributed by atoms with Gasteiger partial charge in [0, 0.05) is 29.6 Å². The van der Waals surface area contributed by atoms with E-state index in [1.807, 2.05) is 0 Å². The van der Waals surface area contributed by atoms with E-state index in [1.54, 1.807) is 0 Å². The van der Waals surface area contributed by atoms with Crippen LogP contribution in [0.25, 0.3) is 0 Å².